The average Bonchev–Trinajstić information content (AvgIpc) is 2.53. The van der Waals surface area contributed by atoms with E-state index in [4.69, 9.17) is 4.74 Å². The predicted octanol–water partition coefficient (Wildman–Crippen LogP) is 5.31. The Hall–Kier alpha value is -1.96. The molecule has 0 radical (unpaired) electrons. The van der Waals surface area contributed by atoms with Crippen molar-refractivity contribution in [3.05, 3.63) is 59.2 Å². The number of nitrogens with one attached hydrogen (secondary N) is 1. The van der Waals surface area contributed by atoms with E-state index in [0.717, 1.165) is 18.7 Å². The highest BCUT2D eigenvalue weighted by molar-refractivity contribution is 5.56. The van der Waals surface area contributed by atoms with E-state index in [2.05, 4.69) is 69.4 Å². The van der Waals surface area contributed by atoms with Crippen LogP contribution in [0.4, 0.5) is 5.69 Å². The van der Waals surface area contributed by atoms with Crippen LogP contribution in [0.25, 0.3) is 0 Å². The summed E-state index contributed by atoms with van der Waals surface area (Å²) in [5.41, 5.74) is 5.08. The van der Waals surface area contributed by atoms with Crippen LogP contribution in [-0.4, -0.2) is 13.2 Å². The van der Waals surface area contributed by atoms with Gasteiger partial charge in [0, 0.05) is 12.2 Å². The van der Waals surface area contributed by atoms with Gasteiger partial charge in [-0.2, -0.15) is 0 Å². The molecule has 22 heavy (non-hydrogen) atoms. The first kappa shape index (κ1) is 16.4. The van der Waals surface area contributed by atoms with Crippen LogP contribution in [0, 0.1) is 13.8 Å². The lowest BCUT2D eigenvalue weighted by atomic mass is 9.98. The van der Waals surface area contributed by atoms with Gasteiger partial charge in [0.1, 0.15) is 12.4 Å². The molecule has 2 nitrogen and oxygen atoms in total. The van der Waals surface area contributed by atoms with E-state index in [0.29, 0.717) is 12.5 Å². The first-order valence-corrected chi connectivity index (χ1v) is 8.15. The average molecular weight is 297 g/mol. The maximum atomic E-state index is 6.00. The van der Waals surface area contributed by atoms with Crippen LogP contribution in [0.5, 0.6) is 5.75 Å². The number of rotatable bonds is 7. The van der Waals surface area contributed by atoms with E-state index in [9.17, 15) is 0 Å². The third-order valence-corrected chi connectivity index (χ3v) is 4.20. The Morgan fingerprint density at radius 2 is 1.68 bits per heavy atom. The van der Waals surface area contributed by atoms with Crippen molar-refractivity contribution < 1.29 is 4.74 Å². The molecule has 2 aromatic rings. The molecule has 0 aromatic heterocycles. The van der Waals surface area contributed by atoms with Crippen LogP contribution < -0.4 is 10.1 Å². The zero-order chi connectivity index (χ0) is 15.9. The Morgan fingerprint density at radius 3 is 2.36 bits per heavy atom. The highest BCUT2D eigenvalue weighted by Crippen LogP contribution is 2.28. The van der Waals surface area contributed by atoms with E-state index in [-0.39, 0.29) is 0 Å². The van der Waals surface area contributed by atoms with Gasteiger partial charge < -0.3 is 10.1 Å². The van der Waals surface area contributed by atoms with Crippen molar-refractivity contribution in [1.82, 2.24) is 0 Å². The number of hydrogen-bond donors (Lipinski definition) is 1. The molecular formula is C20H27NO. The fourth-order valence-electron chi connectivity index (χ4n) is 2.67. The van der Waals surface area contributed by atoms with Crippen LogP contribution in [0.1, 0.15) is 42.9 Å². The molecule has 2 rings (SSSR count). The number of benzene rings is 2. The molecule has 118 valence electrons. The van der Waals surface area contributed by atoms with Crippen LogP contribution in [0.3, 0.4) is 0 Å². The lowest BCUT2D eigenvalue weighted by Gasteiger charge is -2.17. The van der Waals surface area contributed by atoms with Gasteiger partial charge in [0.25, 0.3) is 0 Å². The minimum atomic E-state index is 0.530. The highest BCUT2D eigenvalue weighted by Gasteiger charge is 2.09. The standard InChI is InChI=1S/C20H27NO/c1-5-15(2)18-11-6-7-12-19(18)22-14-13-21-20-16(3)9-8-10-17(20)4/h6-12,15,21H,5,13-14H2,1-4H3. The molecule has 0 saturated carbocycles. The Labute approximate surface area is 134 Å². The fraction of sp³-hybridized carbons (Fsp3) is 0.400. The number of hydrogen-bond acceptors (Lipinski definition) is 2. The zero-order valence-electron chi connectivity index (χ0n) is 14.1. The van der Waals surface area contributed by atoms with Crippen molar-refractivity contribution in [1.29, 1.82) is 0 Å². The third kappa shape index (κ3) is 4.03. The van der Waals surface area contributed by atoms with Crippen LogP contribution in [0.15, 0.2) is 42.5 Å². The molecule has 1 unspecified atom stereocenters. The maximum Gasteiger partial charge on any atom is 0.122 e. The van der Waals surface area contributed by atoms with Crippen molar-refractivity contribution >= 4 is 5.69 Å². The Bertz CT molecular complexity index is 586. The Morgan fingerprint density at radius 1 is 1.00 bits per heavy atom. The lowest BCUT2D eigenvalue weighted by Crippen LogP contribution is -2.13. The summed E-state index contributed by atoms with van der Waals surface area (Å²) in [6.45, 7) is 10.2. The summed E-state index contributed by atoms with van der Waals surface area (Å²) < 4.78 is 6.00. The molecule has 2 aromatic carbocycles. The number of aryl methyl sites for hydroxylation is 2. The number of anilines is 1. The van der Waals surface area contributed by atoms with E-state index in [1.807, 2.05) is 6.07 Å². The molecule has 0 aliphatic rings. The molecule has 0 heterocycles. The SMILES string of the molecule is CCC(C)c1ccccc1OCCNc1c(C)cccc1C. The quantitative estimate of drug-likeness (QED) is 0.699. The largest absolute Gasteiger partial charge is 0.491 e. The molecule has 0 spiro atoms. The van der Waals surface area contributed by atoms with Crippen LogP contribution in [0.2, 0.25) is 0 Å². The van der Waals surface area contributed by atoms with E-state index >= 15 is 0 Å². The molecule has 0 aliphatic carbocycles. The number of para-hydroxylation sites is 2. The molecule has 2 heteroatoms. The monoisotopic (exact) mass is 297 g/mol. The molecule has 0 fully saturated rings. The van der Waals surface area contributed by atoms with Crippen molar-refractivity contribution in [3.63, 3.8) is 0 Å². The minimum Gasteiger partial charge on any atom is -0.491 e. The normalized spacial score (nSPS) is 12.0. The zero-order valence-corrected chi connectivity index (χ0v) is 14.1. The molecular weight excluding hydrogens is 270 g/mol. The molecule has 0 aliphatic heterocycles. The molecule has 1 N–H and O–H groups in total. The van der Waals surface area contributed by atoms with Gasteiger partial charge in [-0.15, -0.1) is 0 Å². The summed E-state index contributed by atoms with van der Waals surface area (Å²) in [7, 11) is 0. The fourth-order valence-corrected chi connectivity index (χ4v) is 2.67. The minimum absolute atomic E-state index is 0.530. The summed E-state index contributed by atoms with van der Waals surface area (Å²) in [4.78, 5) is 0. The van der Waals surface area contributed by atoms with E-state index in [1.165, 1.54) is 22.4 Å². The first-order chi connectivity index (χ1) is 10.6. The smallest absolute Gasteiger partial charge is 0.122 e. The number of ether oxygens (including phenoxy) is 1. The predicted molar refractivity (Wildman–Crippen MR) is 95.0 cm³/mol. The first-order valence-electron chi connectivity index (χ1n) is 8.15. The van der Waals surface area contributed by atoms with Gasteiger partial charge in [0.05, 0.1) is 0 Å². The Balaban J connectivity index is 1.92. The molecule has 1 atom stereocenters. The summed E-state index contributed by atoms with van der Waals surface area (Å²) >= 11 is 0. The van der Waals surface area contributed by atoms with Crippen molar-refractivity contribution in [2.24, 2.45) is 0 Å². The van der Waals surface area contributed by atoms with Gasteiger partial charge in [-0.1, -0.05) is 50.2 Å². The van der Waals surface area contributed by atoms with Gasteiger partial charge in [-0.25, -0.2) is 0 Å². The van der Waals surface area contributed by atoms with E-state index in [1.54, 1.807) is 0 Å². The van der Waals surface area contributed by atoms with Crippen molar-refractivity contribution in [2.75, 3.05) is 18.5 Å². The second-order valence-corrected chi connectivity index (χ2v) is 5.89. The molecule has 0 saturated heterocycles. The van der Waals surface area contributed by atoms with Crippen molar-refractivity contribution in [2.45, 2.75) is 40.0 Å². The van der Waals surface area contributed by atoms with Crippen molar-refractivity contribution in [3.8, 4) is 5.75 Å². The van der Waals surface area contributed by atoms with Gasteiger partial charge in [-0.05, 0) is 48.9 Å². The van der Waals surface area contributed by atoms with Gasteiger partial charge in [0.2, 0.25) is 0 Å². The van der Waals surface area contributed by atoms with E-state index < -0.39 is 0 Å². The Kier molecular flexibility index (Phi) is 5.88. The summed E-state index contributed by atoms with van der Waals surface area (Å²) in [5, 5.41) is 3.49. The van der Waals surface area contributed by atoms with Crippen LogP contribution >= 0.6 is 0 Å². The van der Waals surface area contributed by atoms with Gasteiger partial charge in [-0.3, -0.25) is 0 Å². The third-order valence-electron chi connectivity index (χ3n) is 4.20. The highest BCUT2D eigenvalue weighted by atomic mass is 16.5. The summed E-state index contributed by atoms with van der Waals surface area (Å²) in [6, 6.07) is 14.7. The maximum absolute atomic E-state index is 6.00. The second-order valence-electron chi connectivity index (χ2n) is 5.89. The summed E-state index contributed by atoms with van der Waals surface area (Å²) in [6.07, 6.45) is 1.13. The summed E-state index contributed by atoms with van der Waals surface area (Å²) in [5.74, 6) is 1.54. The van der Waals surface area contributed by atoms with Gasteiger partial charge in [0.15, 0.2) is 0 Å². The molecule has 0 bridgehead atoms. The second kappa shape index (κ2) is 7.88. The molecule has 0 amide bonds. The lowest BCUT2D eigenvalue weighted by molar-refractivity contribution is 0.327. The van der Waals surface area contributed by atoms with Crippen LogP contribution in [-0.2, 0) is 0 Å². The topological polar surface area (TPSA) is 21.3 Å². The van der Waals surface area contributed by atoms with Gasteiger partial charge >= 0.3 is 0 Å².